The van der Waals surface area contributed by atoms with Crippen LogP contribution in [0.25, 0.3) is 33.4 Å². The van der Waals surface area contributed by atoms with E-state index >= 15 is 0 Å². The first-order valence-electron chi connectivity index (χ1n) is 12.1. The van der Waals surface area contributed by atoms with Gasteiger partial charge in [-0.25, -0.2) is 12.8 Å². The van der Waals surface area contributed by atoms with Gasteiger partial charge in [-0.3, -0.25) is 9.10 Å². The number of furan rings is 1. The Labute approximate surface area is 236 Å². The number of sulfonamides is 1. The molecule has 13 heteroatoms. The zero-order chi connectivity index (χ0) is 30.3. The number of aldehydes is 1. The average Bonchev–Trinajstić information content (AvgIpc) is 3.35. The number of nitrogens with two attached hydrogens (primary N) is 1. The lowest BCUT2D eigenvalue weighted by atomic mass is 9.97. The monoisotopic (exact) mass is 583 g/mol. The van der Waals surface area contributed by atoms with E-state index in [9.17, 15) is 22.4 Å². The van der Waals surface area contributed by atoms with Gasteiger partial charge in [-0.1, -0.05) is 18.2 Å². The summed E-state index contributed by atoms with van der Waals surface area (Å²) in [4.78, 5) is 23.6. The number of halogens is 1. The number of aliphatic hydroxyl groups excluding tert-OH is 1. The van der Waals surface area contributed by atoms with Crippen LogP contribution in [0.3, 0.4) is 0 Å². The third-order valence-electron chi connectivity index (χ3n) is 6.05. The second-order valence-corrected chi connectivity index (χ2v) is 10.6. The van der Waals surface area contributed by atoms with Gasteiger partial charge in [0.15, 0.2) is 5.84 Å². The Bertz CT molecular complexity index is 1700. The van der Waals surface area contributed by atoms with Crippen LogP contribution in [0, 0.1) is 5.82 Å². The number of nitrogens with zero attached hydrogens (tertiary/aromatic N) is 2. The molecule has 0 unspecified atom stereocenters. The van der Waals surface area contributed by atoms with E-state index in [4.69, 9.17) is 15.3 Å². The van der Waals surface area contributed by atoms with Crippen molar-refractivity contribution >= 4 is 44.7 Å². The molecule has 0 bridgehead atoms. The number of fused-ring (bicyclic) bond motifs is 1. The van der Waals surface area contributed by atoms with Crippen LogP contribution in [0.5, 0.6) is 0 Å². The van der Waals surface area contributed by atoms with Crippen LogP contribution in [-0.4, -0.2) is 65.6 Å². The van der Waals surface area contributed by atoms with Gasteiger partial charge in [-0.2, -0.15) is 5.10 Å². The SMILES string of the molecule is CNC(=O)c1c(-c2ccc(F)cc2)oc2cc(N(C)S(C)(=O)=O)c(-c3cccc(/C(N)=N/NCC=O)c3)cc12.CO. The Morgan fingerprint density at radius 2 is 1.80 bits per heavy atom. The van der Waals surface area contributed by atoms with Crippen molar-refractivity contribution in [2.24, 2.45) is 10.8 Å². The van der Waals surface area contributed by atoms with E-state index in [0.29, 0.717) is 39.6 Å². The molecule has 1 aromatic heterocycles. The van der Waals surface area contributed by atoms with Crippen LogP contribution in [0.4, 0.5) is 10.1 Å². The Hall–Kier alpha value is -4.75. The first-order chi connectivity index (χ1) is 19.5. The number of hydrazone groups is 1. The fraction of sp³-hybridized carbons (Fsp3) is 0.179. The minimum absolute atomic E-state index is 0.0144. The second kappa shape index (κ2) is 13.1. The highest BCUT2D eigenvalue weighted by Crippen LogP contribution is 2.41. The number of benzene rings is 3. The topological polar surface area (TPSA) is 167 Å². The lowest BCUT2D eigenvalue weighted by Crippen LogP contribution is -2.25. The fourth-order valence-electron chi connectivity index (χ4n) is 4.04. The van der Waals surface area contributed by atoms with Crippen LogP contribution in [0.2, 0.25) is 0 Å². The summed E-state index contributed by atoms with van der Waals surface area (Å²) in [6, 6.07) is 15.6. The largest absolute Gasteiger partial charge is 0.455 e. The molecule has 216 valence electrons. The summed E-state index contributed by atoms with van der Waals surface area (Å²) in [5.41, 5.74) is 11.4. The molecule has 0 saturated carbocycles. The molecule has 0 aliphatic carbocycles. The van der Waals surface area contributed by atoms with Gasteiger partial charge < -0.3 is 30.8 Å². The van der Waals surface area contributed by atoms with Gasteiger partial charge >= 0.3 is 0 Å². The van der Waals surface area contributed by atoms with Gasteiger partial charge in [0.1, 0.15) is 23.4 Å². The lowest BCUT2D eigenvalue weighted by molar-refractivity contribution is -0.107. The normalized spacial score (nSPS) is 11.4. The molecule has 5 N–H and O–H groups in total. The van der Waals surface area contributed by atoms with Crippen LogP contribution < -0.4 is 20.8 Å². The van der Waals surface area contributed by atoms with Crippen molar-refractivity contribution in [1.82, 2.24) is 10.7 Å². The van der Waals surface area contributed by atoms with Crippen LogP contribution in [0.1, 0.15) is 15.9 Å². The van der Waals surface area contributed by atoms with E-state index in [1.807, 2.05) is 0 Å². The van der Waals surface area contributed by atoms with Crippen molar-refractivity contribution in [3.05, 3.63) is 77.6 Å². The van der Waals surface area contributed by atoms with Gasteiger partial charge in [0.25, 0.3) is 5.91 Å². The number of carbonyl (C=O) groups is 2. The molecule has 1 amide bonds. The minimum atomic E-state index is -3.70. The number of nitrogens with one attached hydrogen (secondary N) is 2. The third-order valence-corrected chi connectivity index (χ3v) is 7.24. The Morgan fingerprint density at radius 3 is 2.41 bits per heavy atom. The summed E-state index contributed by atoms with van der Waals surface area (Å²) in [6.45, 7) is -0.0144. The molecule has 0 atom stereocenters. The van der Waals surface area contributed by atoms with Gasteiger partial charge in [0.2, 0.25) is 10.0 Å². The molecule has 0 aliphatic rings. The zero-order valence-corrected chi connectivity index (χ0v) is 23.6. The summed E-state index contributed by atoms with van der Waals surface area (Å²) in [5, 5.41) is 14.0. The number of amides is 1. The van der Waals surface area contributed by atoms with Gasteiger partial charge in [0.05, 0.1) is 24.1 Å². The van der Waals surface area contributed by atoms with E-state index in [-0.39, 0.29) is 29.3 Å². The van der Waals surface area contributed by atoms with Gasteiger partial charge in [0, 0.05) is 49.3 Å². The number of anilines is 1. The molecular formula is C28H30FN5O6S. The van der Waals surface area contributed by atoms with Crippen molar-refractivity contribution in [1.29, 1.82) is 0 Å². The summed E-state index contributed by atoms with van der Waals surface area (Å²) in [7, 11) is 0.190. The molecule has 4 aromatic rings. The molecule has 0 fully saturated rings. The summed E-state index contributed by atoms with van der Waals surface area (Å²) >= 11 is 0. The molecular weight excluding hydrogens is 553 g/mol. The summed E-state index contributed by atoms with van der Waals surface area (Å²) in [6.07, 6.45) is 1.72. The molecule has 0 saturated heterocycles. The van der Waals surface area contributed by atoms with Crippen LogP contribution >= 0.6 is 0 Å². The van der Waals surface area contributed by atoms with Crippen molar-refractivity contribution < 1.29 is 31.9 Å². The zero-order valence-electron chi connectivity index (χ0n) is 22.8. The van der Waals surface area contributed by atoms with E-state index < -0.39 is 21.7 Å². The summed E-state index contributed by atoms with van der Waals surface area (Å²) < 4.78 is 45.9. The lowest BCUT2D eigenvalue weighted by Gasteiger charge is -2.21. The van der Waals surface area contributed by atoms with Crippen molar-refractivity contribution in [3.8, 4) is 22.5 Å². The molecule has 0 aliphatic heterocycles. The number of hydrogen-bond acceptors (Lipinski definition) is 8. The minimum Gasteiger partial charge on any atom is -0.455 e. The van der Waals surface area contributed by atoms with E-state index in [1.165, 1.54) is 38.4 Å². The number of amidine groups is 1. The molecule has 0 spiro atoms. The highest BCUT2D eigenvalue weighted by Gasteiger charge is 2.26. The smallest absolute Gasteiger partial charge is 0.255 e. The maximum absolute atomic E-state index is 13.6. The van der Waals surface area contributed by atoms with Crippen LogP contribution in [0.15, 0.2) is 70.2 Å². The first-order valence-corrected chi connectivity index (χ1v) is 14.0. The predicted molar refractivity (Wildman–Crippen MR) is 157 cm³/mol. The number of rotatable bonds is 9. The maximum Gasteiger partial charge on any atom is 0.255 e. The van der Waals surface area contributed by atoms with E-state index in [2.05, 4.69) is 15.8 Å². The van der Waals surface area contributed by atoms with Crippen molar-refractivity contribution in [3.63, 3.8) is 0 Å². The Balaban J connectivity index is 0.00000226. The highest BCUT2D eigenvalue weighted by molar-refractivity contribution is 7.92. The summed E-state index contributed by atoms with van der Waals surface area (Å²) in [5.74, 6) is -0.555. The Morgan fingerprint density at radius 1 is 1.12 bits per heavy atom. The third kappa shape index (κ3) is 6.70. The number of carbonyl (C=O) groups excluding carboxylic acids is 2. The Kier molecular flexibility index (Phi) is 9.81. The second-order valence-electron chi connectivity index (χ2n) is 8.59. The standard InChI is InChI=1S/C27H26FN5O5S.CH4O/c1-30-27(35)24-21-14-20(17-5-4-6-18(13-17)26(29)32-31-11-12-34)22(33(2)39(3,36)37)15-23(21)38-25(24)16-7-9-19(28)10-8-16;1-2/h4-10,12-15,31H,11H2,1-3H3,(H2,29,32)(H,30,35);2H,1H3. The highest BCUT2D eigenvalue weighted by atomic mass is 32.2. The molecule has 11 nitrogen and oxygen atoms in total. The number of aliphatic hydroxyl groups is 1. The van der Waals surface area contributed by atoms with Gasteiger partial charge in [-0.05, 0) is 42.0 Å². The molecule has 1 heterocycles. The van der Waals surface area contributed by atoms with E-state index in [1.54, 1.807) is 36.4 Å². The predicted octanol–water partition coefficient (Wildman–Crippen LogP) is 2.68. The van der Waals surface area contributed by atoms with E-state index in [0.717, 1.165) is 17.7 Å². The molecule has 4 rings (SSSR count). The van der Waals surface area contributed by atoms with Crippen molar-refractivity contribution in [2.45, 2.75) is 0 Å². The molecule has 41 heavy (non-hydrogen) atoms. The quantitative estimate of drug-likeness (QED) is 0.0767. The van der Waals surface area contributed by atoms with Gasteiger partial charge in [-0.15, -0.1) is 0 Å². The number of hydrogen-bond donors (Lipinski definition) is 4. The average molecular weight is 584 g/mol. The molecule has 0 radical (unpaired) electrons. The van der Waals surface area contributed by atoms with Crippen molar-refractivity contribution in [2.75, 3.05) is 38.3 Å². The molecule has 3 aromatic carbocycles. The fourth-order valence-corrected chi connectivity index (χ4v) is 4.54. The van der Waals surface area contributed by atoms with Crippen LogP contribution in [-0.2, 0) is 14.8 Å². The maximum atomic E-state index is 13.6. The first kappa shape index (κ1) is 30.8.